The Morgan fingerprint density at radius 3 is 2.23 bits per heavy atom. The Kier molecular flexibility index (Phi) is 6.42. The number of aryl methyl sites for hydroxylation is 2. The highest BCUT2D eigenvalue weighted by molar-refractivity contribution is 7.92. The fourth-order valence-electron chi connectivity index (χ4n) is 2.80. The van der Waals surface area contributed by atoms with Crippen LogP contribution in [0.3, 0.4) is 0 Å². The van der Waals surface area contributed by atoms with Gasteiger partial charge in [-0.1, -0.05) is 30.7 Å². The molecule has 0 spiro atoms. The SMILES string of the molecule is CC[C@H](NC(=O)c1ccc(NS(=O)(=O)CC)cc1)c1ccc(C)cc1C. The predicted molar refractivity (Wildman–Crippen MR) is 106 cm³/mol. The van der Waals surface area contributed by atoms with Crippen molar-refractivity contribution >= 4 is 21.6 Å². The Bertz CT molecular complexity index is 874. The van der Waals surface area contributed by atoms with Gasteiger partial charge < -0.3 is 5.32 Å². The maximum Gasteiger partial charge on any atom is 0.251 e. The summed E-state index contributed by atoms with van der Waals surface area (Å²) in [5.74, 6) is -0.176. The zero-order chi connectivity index (χ0) is 19.3. The number of carbonyl (C=O) groups is 1. The molecule has 0 saturated carbocycles. The van der Waals surface area contributed by atoms with Crippen molar-refractivity contribution < 1.29 is 13.2 Å². The number of benzene rings is 2. The average molecular weight is 375 g/mol. The van der Waals surface area contributed by atoms with Crippen LogP contribution >= 0.6 is 0 Å². The van der Waals surface area contributed by atoms with Gasteiger partial charge in [-0.15, -0.1) is 0 Å². The van der Waals surface area contributed by atoms with E-state index in [-0.39, 0.29) is 17.7 Å². The van der Waals surface area contributed by atoms with Crippen LogP contribution in [0.5, 0.6) is 0 Å². The summed E-state index contributed by atoms with van der Waals surface area (Å²) in [6.45, 7) is 7.70. The summed E-state index contributed by atoms with van der Waals surface area (Å²) >= 11 is 0. The van der Waals surface area contributed by atoms with Crippen LogP contribution in [0.15, 0.2) is 42.5 Å². The smallest absolute Gasteiger partial charge is 0.251 e. The van der Waals surface area contributed by atoms with E-state index < -0.39 is 10.0 Å². The molecule has 2 N–H and O–H groups in total. The summed E-state index contributed by atoms with van der Waals surface area (Å²) in [6, 6.07) is 12.6. The van der Waals surface area contributed by atoms with Gasteiger partial charge in [0, 0.05) is 11.3 Å². The van der Waals surface area contributed by atoms with E-state index in [1.54, 1.807) is 31.2 Å². The van der Waals surface area contributed by atoms with Crippen LogP contribution in [0.1, 0.15) is 53.4 Å². The van der Waals surface area contributed by atoms with Gasteiger partial charge in [-0.3, -0.25) is 9.52 Å². The number of amides is 1. The number of hydrogen-bond donors (Lipinski definition) is 2. The highest BCUT2D eigenvalue weighted by atomic mass is 32.2. The van der Waals surface area contributed by atoms with Crippen LogP contribution < -0.4 is 10.0 Å². The van der Waals surface area contributed by atoms with Crippen LogP contribution in [0.2, 0.25) is 0 Å². The third-order valence-electron chi connectivity index (χ3n) is 4.31. The van der Waals surface area contributed by atoms with Crippen molar-refractivity contribution in [3.8, 4) is 0 Å². The highest BCUT2D eigenvalue weighted by Gasteiger charge is 2.16. The third-order valence-corrected chi connectivity index (χ3v) is 5.62. The molecule has 0 fully saturated rings. The molecule has 0 aromatic heterocycles. The molecule has 0 aliphatic heterocycles. The highest BCUT2D eigenvalue weighted by Crippen LogP contribution is 2.22. The lowest BCUT2D eigenvalue weighted by Crippen LogP contribution is -2.28. The Hall–Kier alpha value is -2.34. The molecule has 2 aromatic rings. The summed E-state index contributed by atoms with van der Waals surface area (Å²) in [5.41, 5.74) is 4.40. The number of sulfonamides is 1. The molecule has 0 unspecified atom stereocenters. The van der Waals surface area contributed by atoms with E-state index in [0.717, 1.165) is 17.5 Å². The summed E-state index contributed by atoms with van der Waals surface area (Å²) in [6.07, 6.45) is 0.782. The molecule has 0 heterocycles. The van der Waals surface area contributed by atoms with Gasteiger partial charge >= 0.3 is 0 Å². The van der Waals surface area contributed by atoms with Crippen molar-refractivity contribution in [2.45, 2.75) is 40.2 Å². The molecule has 0 bridgehead atoms. The minimum Gasteiger partial charge on any atom is -0.345 e. The summed E-state index contributed by atoms with van der Waals surface area (Å²) < 4.78 is 25.7. The van der Waals surface area contributed by atoms with Gasteiger partial charge in [0.2, 0.25) is 10.0 Å². The molecule has 1 amide bonds. The third kappa shape index (κ3) is 5.08. The fourth-order valence-corrected chi connectivity index (χ4v) is 3.44. The van der Waals surface area contributed by atoms with Crippen molar-refractivity contribution in [2.75, 3.05) is 10.5 Å². The summed E-state index contributed by atoms with van der Waals surface area (Å²) in [5, 5.41) is 3.06. The lowest BCUT2D eigenvalue weighted by Gasteiger charge is -2.20. The number of hydrogen-bond acceptors (Lipinski definition) is 3. The first-order chi connectivity index (χ1) is 12.3. The largest absolute Gasteiger partial charge is 0.345 e. The first-order valence-electron chi connectivity index (χ1n) is 8.74. The van der Waals surface area contributed by atoms with Crippen LogP contribution in [0.4, 0.5) is 5.69 Å². The monoisotopic (exact) mass is 374 g/mol. The van der Waals surface area contributed by atoms with Crippen LogP contribution in [0, 0.1) is 13.8 Å². The van der Waals surface area contributed by atoms with Gasteiger partial charge in [0.05, 0.1) is 11.8 Å². The van der Waals surface area contributed by atoms with Crippen molar-refractivity contribution in [1.82, 2.24) is 5.32 Å². The van der Waals surface area contributed by atoms with Gasteiger partial charge in [-0.2, -0.15) is 0 Å². The van der Waals surface area contributed by atoms with Crippen LogP contribution in [-0.4, -0.2) is 20.1 Å². The summed E-state index contributed by atoms with van der Waals surface area (Å²) in [4.78, 5) is 12.6. The molecule has 0 saturated heterocycles. The zero-order valence-electron chi connectivity index (χ0n) is 15.7. The lowest BCUT2D eigenvalue weighted by molar-refractivity contribution is 0.0935. The van der Waals surface area contributed by atoms with Crippen molar-refractivity contribution in [2.24, 2.45) is 0 Å². The normalized spacial score (nSPS) is 12.5. The molecule has 6 heteroatoms. The van der Waals surface area contributed by atoms with E-state index in [9.17, 15) is 13.2 Å². The standard InChI is InChI=1S/C20H26N2O3S/c1-5-19(18-12-7-14(3)13-15(18)4)21-20(23)16-8-10-17(11-9-16)22-26(24,25)6-2/h7-13,19,22H,5-6H2,1-4H3,(H,21,23)/t19-/m0/s1. The molecular weight excluding hydrogens is 348 g/mol. The first kappa shape index (κ1) is 20.0. The fraction of sp³-hybridized carbons (Fsp3) is 0.350. The van der Waals surface area contributed by atoms with Gasteiger partial charge in [0.15, 0.2) is 0 Å². The lowest BCUT2D eigenvalue weighted by atomic mass is 9.97. The Labute approximate surface area is 155 Å². The maximum absolute atomic E-state index is 12.6. The Morgan fingerprint density at radius 1 is 1.04 bits per heavy atom. The molecule has 0 radical (unpaired) electrons. The quantitative estimate of drug-likeness (QED) is 0.771. The van der Waals surface area contributed by atoms with E-state index >= 15 is 0 Å². The number of rotatable bonds is 7. The summed E-state index contributed by atoms with van der Waals surface area (Å²) in [7, 11) is -3.32. The van der Waals surface area contributed by atoms with Gasteiger partial charge in [0.25, 0.3) is 5.91 Å². The van der Waals surface area contributed by atoms with Gasteiger partial charge in [-0.25, -0.2) is 8.42 Å². The molecule has 1 atom stereocenters. The Morgan fingerprint density at radius 2 is 1.69 bits per heavy atom. The molecule has 5 nitrogen and oxygen atoms in total. The first-order valence-corrected chi connectivity index (χ1v) is 10.4. The van der Waals surface area contributed by atoms with E-state index in [1.165, 1.54) is 5.56 Å². The molecule has 140 valence electrons. The minimum atomic E-state index is -3.32. The van der Waals surface area contributed by atoms with Crippen molar-refractivity contribution in [3.63, 3.8) is 0 Å². The predicted octanol–water partition coefficient (Wildman–Crippen LogP) is 3.95. The van der Waals surface area contributed by atoms with Crippen LogP contribution in [0.25, 0.3) is 0 Å². The number of carbonyl (C=O) groups excluding carboxylic acids is 1. The Balaban J connectivity index is 2.13. The number of nitrogens with one attached hydrogen (secondary N) is 2. The molecule has 2 rings (SSSR count). The molecule has 0 aliphatic rings. The van der Waals surface area contributed by atoms with E-state index in [1.807, 2.05) is 26.8 Å². The molecule has 2 aromatic carbocycles. The van der Waals surface area contributed by atoms with E-state index in [2.05, 4.69) is 22.2 Å². The van der Waals surface area contributed by atoms with E-state index in [4.69, 9.17) is 0 Å². The van der Waals surface area contributed by atoms with Crippen molar-refractivity contribution in [3.05, 3.63) is 64.7 Å². The molecule has 0 aliphatic carbocycles. The topological polar surface area (TPSA) is 75.3 Å². The zero-order valence-corrected chi connectivity index (χ0v) is 16.5. The average Bonchev–Trinajstić information content (AvgIpc) is 2.60. The second kappa shape index (κ2) is 8.36. The van der Waals surface area contributed by atoms with Crippen molar-refractivity contribution in [1.29, 1.82) is 0 Å². The minimum absolute atomic E-state index is 0.00329. The number of anilines is 1. The second-order valence-corrected chi connectivity index (χ2v) is 8.39. The molecule has 26 heavy (non-hydrogen) atoms. The second-order valence-electron chi connectivity index (χ2n) is 6.38. The van der Waals surface area contributed by atoms with Gasteiger partial charge in [-0.05, 0) is 62.6 Å². The van der Waals surface area contributed by atoms with Crippen LogP contribution in [-0.2, 0) is 10.0 Å². The van der Waals surface area contributed by atoms with E-state index in [0.29, 0.717) is 11.3 Å². The maximum atomic E-state index is 12.6. The molecular formula is C20H26N2O3S. The van der Waals surface area contributed by atoms with Gasteiger partial charge in [0.1, 0.15) is 0 Å².